The van der Waals surface area contributed by atoms with E-state index >= 15 is 0 Å². The van der Waals surface area contributed by atoms with Crippen molar-refractivity contribution in [1.82, 2.24) is 0 Å². The Morgan fingerprint density at radius 3 is 1.64 bits per heavy atom. The summed E-state index contributed by atoms with van der Waals surface area (Å²) in [5, 5.41) is 183. The molecule has 11 fully saturated rings. The fourth-order valence-electron chi connectivity index (χ4n) is 21.8. The number of carboxylic acid groups (broad SMARTS) is 1. The molecule has 32 heteroatoms. The van der Waals surface area contributed by atoms with Crippen molar-refractivity contribution >= 4 is 17.9 Å². The van der Waals surface area contributed by atoms with Crippen molar-refractivity contribution < 1.29 is 158 Å². The van der Waals surface area contributed by atoms with Crippen molar-refractivity contribution in [2.75, 3.05) is 13.2 Å². The van der Waals surface area contributed by atoms with Gasteiger partial charge in [-0.2, -0.15) is 0 Å². The summed E-state index contributed by atoms with van der Waals surface area (Å²) in [5.41, 5.74) is -5.57. The number of carbonyl (C=O) groups excluding carboxylic acids is 2. The first-order chi connectivity index (χ1) is 50.9. The Bertz CT molecular complexity index is 3470. The first-order valence-electron chi connectivity index (χ1n) is 37.9. The maximum absolute atomic E-state index is 14.5. The van der Waals surface area contributed by atoms with Gasteiger partial charge < -0.3 is 143 Å². The van der Waals surface area contributed by atoms with Gasteiger partial charge in [-0.15, -0.1) is 0 Å². The minimum absolute atomic E-state index is 0.0505. The van der Waals surface area contributed by atoms with Gasteiger partial charge in [0.05, 0.1) is 54.2 Å². The molecule has 16 N–H and O–H groups in total. The van der Waals surface area contributed by atoms with Crippen LogP contribution in [0.25, 0.3) is 0 Å². The highest BCUT2D eigenvalue weighted by atomic mass is 16.8. The summed E-state index contributed by atoms with van der Waals surface area (Å²) in [4.78, 5) is 42.3. The smallest absolute Gasteiger partial charge is 0.338 e. The van der Waals surface area contributed by atoms with Gasteiger partial charge in [0.15, 0.2) is 49.9 Å². The predicted molar refractivity (Wildman–Crippen MR) is 365 cm³/mol. The monoisotopic (exact) mass is 1530 g/mol. The second-order valence-corrected chi connectivity index (χ2v) is 34.3. The molecule has 11 aliphatic rings. The van der Waals surface area contributed by atoms with Crippen molar-refractivity contribution in [1.29, 1.82) is 0 Å². The second kappa shape index (κ2) is 30.5. The van der Waals surface area contributed by atoms with Crippen molar-refractivity contribution in [3.05, 3.63) is 71.8 Å². The molecule has 5 saturated carbocycles. The number of hydrogen-bond acceptors (Lipinski definition) is 31. The molecule has 108 heavy (non-hydrogen) atoms. The number of aliphatic hydroxyl groups excluding tert-OH is 15. The quantitative estimate of drug-likeness (QED) is 0.0588. The van der Waals surface area contributed by atoms with Crippen LogP contribution in [0.15, 0.2) is 60.7 Å². The van der Waals surface area contributed by atoms with E-state index in [4.69, 9.17) is 61.6 Å². The number of hydrogen-bond donors (Lipinski definition) is 16. The van der Waals surface area contributed by atoms with E-state index in [0.29, 0.717) is 44.9 Å². The molecule has 0 aromatic heterocycles. The van der Waals surface area contributed by atoms with Crippen LogP contribution in [-0.2, 0) is 77.6 Å². The summed E-state index contributed by atoms with van der Waals surface area (Å²) in [6, 6.07) is 17.8. The van der Waals surface area contributed by atoms with Gasteiger partial charge in [0.1, 0.15) is 110 Å². The number of rotatable bonds is 19. The molecule has 0 amide bonds. The fourth-order valence-corrected chi connectivity index (χ4v) is 21.8. The minimum Gasteiger partial charge on any atom is -0.479 e. The summed E-state index contributed by atoms with van der Waals surface area (Å²) in [6.07, 6.45) is -51.5. The first kappa shape index (κ1) is 81.8. The molecule has 38 atom stereocenters. The lowest BCUT2D eigenvalue weighted by Crippen LogP contribution is -2.77. The van der Waals surface area contributed by atoms with Crippen LogP contribution in [0.4, 0.5) is 0 Å². The Balaban J connectivity index is 0.805. The number of carboxylic acids is 1. The molecule has 2 aromatic rings. The Morgan fingerprint density at radius 1 is 0.491 bits per heavy atom. The number of esters is 2. The van der Waals surface area contributed by atoms with E-state index < -0.39 is 259 Å². The van der Waals surface area contributed by atoms with Crippen LogP contribution in [-0.4, -0.2) is 303 Å². The van der Waals surface area contributed by atoms with Gasteiger partial charge >= 0.3 is 17.9 Å². The maximum Gasteiger partial charge on any atom is 0.338 e. The zero-order valence-electron chi connectivity index (χ0n) is 62.0. The molecule has 0 radical (unpaired) electrons. The summed E-state index contributed by atoms with van der Waals surface area (Å²) in [6.45, 7) is 15.2. The van der Waals surface area contributed by atoms with Crippen LogP contribution < -0.4 is 0 Å². The van der Waals surface area contributed by atoms with E-state index in [-0.39, 0.29) is 36.7 Å². The molecule has 606 valence electrons. The van der Waals surface area contributed by atoms with Crippen molar-refractivity contribution in [2.45, 2.75) is 316 Å². The SMILES string of the molecule is C[C@@H]1O[C@@H](O[C@H]2[C@H](O[C@H]3[C@H](O[C@H]4[C@H](O)[C@@H](C(=O)O)O[C@@H](O[C@H]5CC[C@@]6(C)C(CC[C@]7(C)[C@@H]6CC[C@]68O[C@H](O)[C@]9(C6CC(C)(C)[C@@H](OC(=O)c6ccccc6)[C@@H]9OC(=O)CCc6ccccc6)[C@H](O)C[C@]87C)C5(C)C)[C@@H]4O[C@@H]4O[C@H](CO)[C@H](O)[C@H](O)[C@H]4O)O[C@H](CO)[C@H](O)[C@@H]3O)O[C@@H](C)[C@H](O)[C@H]2O)[C@H](O)[C@H](O)[C@H]1O. The molecule has 5 aliphatic carbocycles. The Hall–Kier alpha value is -4.19. The van der Waals surface area contributed by atoms with Gasteiger partial charge in [-0.3, -0.25) is 4.79 Å². The average molecular weight is 1540 g/mol. The molecular formula is C76H110O32. The van der Waals surface area contributed by atoms with Crippen LogP contribution in [0.5, 0.6) is 0 Å². The number of ether oxygens (including phenoxy) is 13. The predicted octanol–water partition coefficient (Wildman–Crippen LogP) is -1.07. The van der Waals surface area contributed by atoms with Gasteiger partial charge in [0.25, 0.3) is 0 Å². The highest BCUT2D eigenvalue weighted by Gasteiger charge is 2.86. The fraction of sp³-hybridized carbons (Fsp3) is 0.803. The number of aliphatic hydroxyl groups is 15. The van der Waals surface area contributed by atoms with Crippen LogP contribution in [0.2, 0.25) is 0 Å². The Labute approximate surface area is 624 Å². The van der Waals surface area contributed by atoms with Gasteiger partial charge in [0.2, 0.25) is 0 Å². The molecule has 6 heterocycles. The standard InChI is InChI=1S/C76H110O32/c1-32-44(81)48(85)52(89)64(96-32)104-57-50(87)45(82)33(2)97-66(57)105-58-51(88)47(84)37(31-78)99-67(58)102-55-54(91)56(62(92)93)103-68(59(55)106-65-53(90)49(86)46(83)36(30-77)98-65)100-42-24-25-72(7)38(71(42,5)6)22-26-73(8)39(72)23-27-75-40-28-70(3,4)60(107-63(94)35-18-14-11-15-19-35)61(101-43(80)21-20-34-16-12-10-13-17-34)76(40,69(95)108-75)41(79)29-74(73,75)9/h10-19,32-33,36-42,44-61,64-69,77-79,81-91,95H,20-31H2,1-9H3,(H,92,93)/t32-,33-,36+,37+,38?,39+,40?,41+,42-,44-,45-,46-,47-,48+,49-,50+,51-,52+,53+,54-,55-,56-,57+,58+,59+,60-,61-,64-,65-,66-,67-,68+,69-,72-,73+,74-,75-,76+/m0/s1. The van der Waals surface area contributed by atoms with E-state index in [1.807, 2.05) is 58.0 Å². The maximum atomic E-state index is 14.5. The van der Waals surface area contributed by atoms with E-state index in [9.17, 15) is 96.1 Å². The van der Waals surface area contributed by atoms with Crippen molar-refractivity contribution in [3.63, 3.8) is 0 Å². The van der Waals surface area contributed by atoms with Gasteiger partial charge in [-0.05, 0) is 117 Å². The Morgan fingerprint density at radius 2 is 1.01 bits per heavy atom. The highest BCUT2D eigenvalue weighted by molar-refractivity contribution is 5.89. The molecule has 6 saturated heterocycles. The topological polar surface area (TPSA) is 495 Å². The van der Waals surface area contributed by atoms with E-state index in [2.05, 4.69) is 20.8 Å². The molecule has 32 nitrogen and oxygen atoms in total. The summed E-state index contributed by atoms with van der Waals surface area (Å²) in [5.74, 6) is -4.03. The number of carbonyl (C=O) groups is 3. The van der Waals surface area contributed by atoms with Crippen LogP contribution in [0, 0.1) is 50.2 Å². The molecule has 1 spiro atoms. The normalized spacial score (nSPS) is 50.2. The van der Waals surface area contributed by atoms with Crippen LogP contribution in [0.1, 0.15) is 136 Å². The summed E-state index contributed by atoms with van der Waals surface area (Å²) >= 11 is 0. The first-order valence-corrected chi connectivity index (χ1v) is 37.9. The molecular weight excluding hydrogens is 1420 g/mol. The lowest BCUT2D eigenvalue weighted by molar-refractivity contribution is -0.412. The molecule has 13 rings (SSSR count). The average Bonchev–Trinajstić information content (AvgIpc) is 1.41. The minimum atomic E-state index is -2.38. The van der Waals surface area contributed by atoms with Crippen LogP contribution in [0.3, 0.4) is 0 Å². The zero-order valence-corrected chi connectivity index (χ0v) is 62.0. The lowest BCUT2D eigenvalue weighted by Gasteiger charge is -2.75. The largest absolute Gasteiger partial charge is 0.479 e. The third kappa shape index (κ3) is 13.4. The molecule has 6 aliphatic heterocycles. The van der Waals surface area contributed by atoms with Gasteiger partial charge in [-0.1, -0.05) is 97.0 Å². The van der Waals surface area contributed by atoms with Gasteiger partial charge in [0, 0.05) is 23.2 Å². The van der Waals surface area contributed by atoms with Crippen LogP contribution >= 0.6 is 0 Å². The molecule has 2 bridgehead atoms. The van der Waals surface area contributed by atoms with Crippen molar-refractivity contribution in [3.8, 4) is 0 Å². The van der Waals surface area contributed by atoms with Crippen molar-refractivity contribution in [2.24, 2.45) is 50.2 Å². The highest BCUT2D eigenvalue weighted by Crippen LogP contribution is 2.82. The third-order valence-corrected chi connectivity index (χ3v) is 27.8. The number of benzene rings is 2. The number of aryl methyl sites for hydroxylation is 1. The van der Waals surface area contributed by atoms with E-state index in [1.54, 1.807) is 30.3 Å². The third-order valence-electron chi connectivity index (χ3n) is 27.8. The molecule has 2 aromatic carbocycles. The number of aliphatic carboxylic acids is 1. The summed E-state index contributed by atoms with van der Waals surface area (Å²) < 4.78 is 82.5. The van der Waals surface area contributed by atoms with E-state index in [0.717, 1.165) is 5.56 Å². The molecule has 2 unspecified atom stereocenters. The zero-order chi connectivity index (χ0) is 78.2. The summed E-state index contributed by atoms with van der Waals surface area (Å²) in [7, 11) is 0. The second-order valence-electron chi connectivity index (χ2n) is 34.3. The lowest BCUT2D eigenvalue weighted by atomic mass is 9.30. The van der Waals surface area contributed by atoms with E-state index in [1.165, 1.54) is 13.8 Å². The van der Waals surface area contributed by atoms with Gasteiger partial charge in [-0.25, -0.2) is 9.59 Å². The Kier molecular flexibility index (Phi) is 23.1. The number of fused-ring (bicyclic) bond motifs is 4.